The highest BCUT2D eigenvalue weighted by Gasteiger charge is 2.44. The van der Waals surface area contributed by atoms with Gasteiger partial charge < -0.3 is 4.74 Å². The van der Waals surface area contributed by atoms with Crippen LogP contribution in [0.3, 0.4) is 0 Å². The molecule has 26 heavy (non-hydrogen) atoms. The van der Waals surface area contributed by atoms with Gasteiger partial charge >= 0.3 is 0 Å². The molecule has 2 aromatic carbocycles. The summed E-state index contributed by atoms with van der Waals surface area (Å²) < 4.78 is 69.7. The molecule has 1 aliphatic rings. The Kier molecular flexibility index (Phi) is 4.80. The Morgan fingerprint density at radius 2 is 1.65 bits per heavy atom. The molecule has 1 heterocycles. The van der Waals surface area contributed by atoms with Crippen LogP contribution in [-0.2, 0) is 19.9 Å². The topological polar surface area (TPSA) is 80.8 Å². The average Bonchev–Trinajstić information content (AvgIpc) is 2.52. The number of hydrogen-bond donors (Lipinski definition) is 0. The van der Waals surface area contributed by atoms with E-state index >= 15 is 0 Å². The molecule has 1 fully saturated rings. The van der Waals surface area contributed by atoms with Gasteiger partial charge in [-0.05, 0) is 55.0 Å². The normalized spacial score (nSPS) is 16.3. The summed E-state index contributed by atoms with van der Waals surface area (Å²) in [4.78, 5) is 0.109. The fourth-order valence-corrected chi connectivity index (χ4v) is 6.37. The molecule has 1 aliphatic heterocycles. The van der Waals surface area contributed by atoms with Crippen molar-refractivity contribution >= 4 is 19.9 Å². The van der Waals surface area contributed by atoms with E-state index in [2.05, 4.69) is 0 Å². The summed E-state index contributed by atoms with van der Waals surface area (Å²) in [5, 5.41) is -0.846. The Hall–Kier alpha value is -1.97. The second-order valence-electron chi connectivity index (χ2n) is 6.07. The number of halogens is 1. The fourth-order valence-electron chi connectivity index (χ4n) is 2.79. The lowest BCUT2D eigenvalue weighted by Crippen LogP contribution is -2.56. The van der Waals surface area contributed by atoms with Crippen molar-refractivity contribution in [3.8, 4) is 5.75 Å². The lowest BCUT2D eigenvalue weighted by Gasteiger charge is -2.37. The fraction of sp³-hybridized carbons (Fsp3) is 0.294. The summed E-state index contributed by atoms with van der Waals surface area (Å²) in [6.45, 7) is 1.39. The standard InChI is InChI=1S/C17H18FNO5S2/c1-12-9-14(24-2)5-8-17(12)26(22,23)19-10-16(11-19)25(20,21)15-6-3-13(18)4-7-15/h3-9,16H,10-11H2,1-2H3. The number of aryl methyl sites for hydroxylation is 1. The number of sulfone groups is 1. The van der Waals surface area contributed by atoms with Gasteiger partial charge in [0.2, 0.25) is 10.0 Å². The van der Waals surface area contributed by atoms with Gasteiger partial charge in [0, 0.05) is 13.1 Å². The molecule has 0 N–H and O–H groups in total. The maximum Gasteiger partial charge on any atom is 0.243 e. The highest BCUT2D eigenvalue weighted by molar-refractivity contribution is 7.92. The molecule has 9 heteroatoms. The Morgan fingerprint density at radius 1 is 1.04 bits per heavy atom. The van der Waals surface area contributed by atoms with Gasteiger partial charge in [0.15, 0.2) is 9.84 Å². The summed E-state index contributed by atoms with van der Waals surface area (Å²) in [7, 11) is -6.01. The molecule has 0 saturated carbocycles. The smallest absolute Gasteiger partial charge is 0.243 e. The van der Waals surface area contributed by atoms with Crippen molar-refractivity contribution in [1.82, 2.24) is 4.31 Å². The minimum absolute atomic E-state index is 0.0124. The van der Waals surface area contributed by atoms with Crippen LogP contribution in [0.1, 0.15) is 5.56 Å². The first-order valence-electron chi connectivity index (χ1n) is 7.80. The van der Waals surface area contributed by atoms with Crippen molar-refractivity contribution in [2.45, 2.75) is 22.0 Å². The van der Waals surface area contributed by atoms with Gasteiger partial charge in [-0.3, -0.25) is 0 Å². The van der Waals surface area contributed by atoms with Crippen LogP contribution in [0.25, 0.3) is 0 Å². The second kappa shape index (κ2) is 6.64. The summed E-state index contributed by atoms with van der Waals surface area (Å²) >= 11 is 0. The largest absolute Gasteiger partial charge is 0.497 e. The van der Waals surface area contributed by atoms with Crippen LogP contribution in [-0.4, -0.2) is 46.6 Å². The van der Waals surface area contributed by atoms with Crippen LogP contribution in [0.5, 0.6) is 5.75 Å². The zero-order valence-corrected chi connectivity index (χ0v) is 15.8. The molecule has 1 saturated heterocycles. The number of hydrogen-bond acceptors (Lipinski definition) is 5. The minimum atomic E-state index is -3.79. The number of nitrogens with zero attached hydrogens (tertiary/aromatic N) is 1. The Morgan fingerprint density at radius 3 is 2.19 bits per heavy atom. The van der Waals surface area contributed by atoms with E-state index in [4.69, 9.17) is 4.74 Å². The van der Waals surface area contributed by atoms with Crippen molar-refractivity contribution in [3.63, 3.8) is 0 Å². The molecule has 6 nitrogen and oxygen atoms in total. The van der Waals surface area contributed by atoms with Gasteiger partial charge in [0.25, 0.3) is 0 Å². The highest BCUT2D eigenvalue weighted by Crippen LogP contribution is 2.31. The molecule has 140 valence electrons. The van der Waals surface area contributed by atoms with Crippen molar-refractivity contribution in [1.29, 1.82) is 0 Å². The quantitative estimate of drug-likeness (QED) is 0.719. The molecule has 0 bridgehead atoms. The van der Waals surface area contributed by atoms with Crippen LogP contribution in [0.4, 0.5) is 4.39 Å². The first-order chi connectivity index (χ1) is 12.2. The summed E-state index contributed by atoms with van der Waals surface area (Å²) in [6, 6.07) is 9.13. The molecular weight excluding hydrogens is 381 g/mol. The second-order valence-corrected chi connectivity index (χ2v) is 10.2. The molecule has 2 aromatic rings. The van der Waals surface area contributed by atoms with E-state index in [0.29, 0.717) is 11.3 Å². The maximum absolute atomic E-state index is 13.0. The third-order valence-electron chi connectivity index (χ3n) is 4.40. The molecule has 0 radical (unpaired) electrons. The maximum atomic E-state index is 13.0. The predicted molar refractivity (Wildman–Crippen MR) is 93.9 cm³/mol. The van der Waals surface area contributed by atoms with E-state index in [1.54, 1.807) is 19.1 Å². The number of benzene rings is 2. The Labute approximate surface area is 152 Å². The average molecular weight is 399 g/mol. The van der Waals surface area contributed by atoms with E-state index in [9.17, 15) is 21.2 Å². The van der Waals surface area contributed by atoms with E-state index in [-0.39, 0.29) is 22.9 Å². The number of methoxy groups -OCH3 is 1. The lowest BCUT2D eigenvalue weighted by atomic mass is 10.2. The van der Waals surface area contributed by atoms with Gasteiger partial charge in [-0.2, -0.15) is 4.31 Å². The molecule has 0 aliphatic carbocycles. The minimum Gasteiger partial charge on any atom is -0.497 e. The van der Waals surface area contributed by atoms with E-state index in [0.717, 1.165) is 16.4 Å². The zero-order chi connectivity index (χ0) is 19.1. The summed E-state index contributed by atoms with van der Waals surface area (Å²) in [5.74, 6) is 0.0126. The van der Waals surface area contributed by atoms with Gasteiger partial charge in [0.1, 0.15) is 11.6 Å². The monoisotopic (exact) mass is 399 g/mol. The first kappa shape index (κ1) is 18.8. The summed E-state index contributed by atoms with van der Waals surface area (Å²) in [6.07, 6.45) is 0. The SMILES string of the molecule is COc1ccc(S(=O)(=O)N2CC(S(=O)(=O)c3ccc(F)cc3)C2)c(C)c1. The van der Waals surface area contributed by atoms with Crippen LogP contribution in [0.2, 0.25) is 0 Å². The molecular formula is C17H18FNO5S2. The van der Waals surface area contributed by atoms with Crippen molar-refractivity contribution < 1.29 is 26.0 Å². The van der Waals surface area contributed by atoms with Crippen LogP contribution in [0.15, 0.2) is 52.3 Å². The van der Waals surface area contributed by atoms with Gasteiger partial charge in [0.05, 0.1) is 22.2 Å². The lowest BCUT2D eigenvalue weighted by molar-refractivity contribution is 0.309. The highest BCUT2D eigenvalue weighted by atomic mass is 32.2. The Bertz CT molecular complexity index is 1030. The van der Waals surface area contributed by atoms with Crippen molar-refractivity contribution in [2.24, 2.45) is 0 Å². The molecule has 0 atom stereocenters. The Balaban J connectivity index is 1.79. The number of sulfonamides is 1. The third kappa shape index (κ3) is 3.22. The third-order valence-corrected chi connectivity index (χ3v) is 8.49. The van der Waals surface area contributed by atoms with Gasteiger partial charge in [-0.25, -0.2) is 21.2 Å². The van der Waals surface area contributed by atoms with Crippen molar-refractivity contribution in [2.75, 3.05) is 20.2 Å². The first-order valence-corrected chi connectivity index (χ1v) is 10.8. The molecule has 0 aromatic heterocycles. The van der Waals surface area contributed by atoms with E-state index in [1.807, 2.05) is 0 Å². The molecule has 0 amide bonds. The predicted octanol–water partition coefficient (Wildman–Crippen LogP) is 1.99. The van der Waals surface area contributed by atoms with Crippen molar-refractivity contribution in [3.05, 3.63) is 53.8 Å². The van der Waals surface area contributed by atoms with E-state index in [1.165, 1.54) is 25.3 Å². The number of rotatable bonds is 5. The summed E-state index contributed by atoms with van der Waals surface area (Å²) in [5.41, 5.74) is 0.522. The van der Waals surface area contributed by atoms with Gasteiger partial charge in [-0.1, -0.05) is 0 Å². The molecule has 0 spiro atoms. The van der Waals surface area contributed by atoms with Crippen LogP contribution >= 0.6 is 0 Å². The number of ether oxygens (including phenoxy) is 1. The van der Waals surface area contributed by atoms with Crippen LogP contribution in [0, 0.1) is 12.7 Å². The van der Waals surface area contributed by atoms with Gasteiger partial charge in [-0.15, -0.1) is 0 Å². The van der Waals surface area contributed by atoms with E-state index < -0.39 is 30.9 Å². The molecule has 0 unspecified atom stereocenters. The van der Waals surface area contributed by atoms with Crippen LogP contribution < -0.4 is 4.74 Å². The molecule has 3 rings (SSSR count). The zero-order valence-electron chi connectivity index (χ0n) is 14.2.